The highest BCUT2D eigenvalue weighted by Gasteiger charge is 2.20. The Balaban J connectivity index is 2.54. The number of benzene rings is 1. The van der Waals surface area contributed by atoms with Crippen LogP contribution in [0.2, 0.25) is 0 Å². The van der Waals surface area contributed by atoms with Gasteiger partial charge in [-0.2, -0.15) is 5.26 Å². The van der Waals surface area contributed by atoms with Gasteiger partial charge in [-0.05, 0) is 56.5 Å². The van der Waals surface area contributed by atoms with Gasteiger partial charge in [0, 0.05) is 19.3 Å². The zero-order chi connectivity index (χ0) is 20.0. The summed E-state index contributed by atoms with van der Waals surface area (Å²) in [4.78, 5) is 6.51. The molecule has 0 aliphatic carbocycles. The van der Waals surface area contributed by atoms with Gasteiger partial charge in [0.2, 0.25) is 5.88 Å². The van der Waals surface area contributed by atoms with E-state index >= 15 is 0 Å². The Morgan fingerprint density at radius 3 is 2.30 bits per heavy atom. The molecule has 0 aliphatic heterocycles. The summed E-state index contributed by atoms with van der Waals surface area (Å²) in [6.07, 6.45) is 0.933. The van der Waals surface area contributed by atoms with Gasteiger partial charge in [-0.1, -0.05) is 6.92 Å². The average molecular weight is 369 g/mol. The molecule has 0 unspecified atom stereocenters. The van der Waals surface area contributed by atoms with Gasteiger partial charge in [-0.25, -0.2) is 4.98 Å². The maximum atomic E-state index is 9.82. The van der Waals surface area contributed by atoms with E-state index in [9.17, 15) is 5.26 Å². The fourth-order valence-electron chi connectivity index (χ4n) is 3.02. The minimum atomic E-state index is 0.307. The van der Waals surface area contributed by atoms with Gasteiger partial charge < -0.3 is 19.1 Å². The summed E-state index contributed by atoms with van der Waals surface area (Å²) in [6.45, 7) is 9.04. The van der Waals surface area contributed by atoms with Crippen molar-refractivity contribution in [1.29, 1.82) is 5.26 Å². The van der Waals surface area contributed by atoms with Crippen LogP contribution in [0.1, 0.15) is 35.7 Å². The van der Waals surface area contributed by atoms with Crippen LogP contribution < -0.4 is 14.4 Å². The van der Waals surface area contributed by atoms with Crippen LogP contribution in [0.15, 0.2) is 18.2 Å². The number of aryl methyl sites for hydroxylation is 3. The zero-order valence-corrected chi connectivity index (χ0v) is 16.9. The van der Waals surface area contributed by atoms with Crippen LogP contribution in [0.4, 0.5) is 5.69 Å². The van der Waals surface area contributed by atoms with Crippen LogP contribution in [-0.2, 0) is 4.74 Å². The van der Waals surface area contributed by atoms with E-state index < -0.39 is 0 Å². The number of anilines is 1. The van der Waals surface area contributed by atoms with Gasteiger partial charge in [-0.15, -0.1) is 0 Å². The first-order chi connectivity index (χ1) is 12.9. The number of nitrogens with zero attached hydrogens (tertiary/aromatic N) is 3. The fraction of sp³-hybridized carbons (Fsp3) is 0.429. The van der Waals surface area contributed by atoms with Gasteiger partial charge in [0.25, 0.3) is 0 Å². The molecule has 6 heteroatoms. The van der Waals surface area contributed by atoms with Gasteiger partial charge in [0.15, 0.2) is 0 Å². The third-order valence-electron chi connectivity index (χ3n) is 4.19. The predicted octanol–water partition coefficient (Wildman–Crippen LogP) is 4.50. The summed E-state index contributed by atoms with van der Waals surface area (Å²) < 4.78 is 16.8. The van der Waals surface area contributed by atoms with Crippen molar-refractivity contribution in [3.8, 4) is 23.4 Å². The van der Waals surface area contributed by atoms with E-state index in [1.54, 1.807) is 14.2 Å². The second-order valence-corrected chi connectivity index (χ2v) is 6.45. The first-order valence-corrected chi connectivity index (χ1v) is 8.93. The largest absolute Gasteiger partial charge is 0.497 e. The lowest BCUT2D eigenvalue weighted by atomic mass is 10.1. The maximum absolute atomic E-state index is 9.82. The molecule has 1 aromatic carbocycles. The van der Waals surface area contributed by atoms with Crippen LogP contribution in [0, 0.1) is 32.1 Å². The molecule has 0 saturated carbocycles. The van der Waals surface area contributed by atoms with Crippen LogP contribution in [0.25, 0.3) is 0 Å². The first kappa shape index (κ1) is 20.5. The van der Waals surface area contributed by atoms with Gasteiger partial charge in [0.05, 0.1) is 12.8 Å². The molecule has 0 saturated heterocycles. The minimum absolute atomic E-state index is 0.307. The third-order valence-corrected chi connectivity index (χ3v) is 4.19. The number of hydrogen-bond donors (Lipinski definition) is 0. The summed E-state index contributed by atoms with van der Waals surface area (Å²) in [5.41, 5.74) is 3.79. The summed E-state index contributed by atoms with van der Waals surface area (Å²) >= 11 is 0. The van der Waals surface area contributed by atoms with Gasteiger partial charge >= 0.3 is 0 Å². The Hall–Kier alpha value is -2.78. The number of methoxy groups -OCH3 is 2. The lowest BCUT2D eigenvalue weighted by Gasteiger charge is -2.25. The molecule has 0 bridgehead atoms. The molecular formula is C21H27N3O3. The van der Waals surface area contributed by atoms with E-state index in [0.29, 0.717) is 23.9 Å². The van der Waals surface area contributed by atoms with Crippen LogP contribution in [-0.4, -0.2) is 32.5 Å². The number of nitriles is 1. The van der Waals surface area contributed by atoms with Crippen molar-refractivity contribution < 1.29 is 14.2 Å². The van der Waals surface area contributed by atoms with Crippen molar-refractivity contribution in [3.05, 3.63) is 40.6 Å². The molecule has 2 aromatic rings. The molecule has 0 atom stereocenters. The van der Waals surface area contributed by atoms with Crippen molar-refractivity contribution >= 4 is 5.69 Å². The van der Waals surface area contributed by atoms with E-state index in [1.165, 1.54) is 0 Å². The highest BCUT2D eigenvalue weighted by Crippen LogP contribution is 2.36. The van der Waals surface area contributed by atoms with Gasteiger partial charge in [0.1, 0.15) is 29.9 Å². The van der Waals surface area contributed by atoms with Crippen molar-refractivity contribution in [3.63, 3.8) is 0 Å². The van der Waals surface area contributed by atoms with Gasteiger partial charge in [-0.3, -0.25) is 0 Å². The van der Waals surface area contributed by atoms with E-state index in [2.05, 4.69) is 18.0 Å². The highest BCUT2D eigenvalue weighted by atomic mass is 16.5. The second kappa shape index (κ2) is 9.24. The first-order valence-electron chi connectivity index (χ1n) is 8.93. The van der Waals surface area contributed by atoms with Crippen LogP contribution >= 0.6 is 0 Å². The van der Waals surface area contributed by atoms with Crippen LogP contribution in [0.3, 0.4) is 0 Å². The molecule has 6 nitrogen and oxygen atoms in total. The number of ether oxygens (including phenoxy) is 3. The topological polar surface area (TPSA) is 67.6 Å². The maximum Gasteiger partial charge on any atom is 0.239 e. The monoisotopic (exact) mass is 369 g/mol. The number of rotatable bonds is 8. The Bertz CT molecular complexity index is 814. The highest BCUT2D eigenvalue weighted by molar-refractivity contribution is 5.64. The molecule has 144 valence electrons. The van der Waals surface area contributed by atoms with E-state index in [-0.39, 0.29) is 0 Å². The smallest absolute Gasteiger partial charge is 0.239 e. The molecule has 27 heavy (non-hydrogen) atoms. The third kappa shape index (κ3) is 4.69. The zero-order valence-electron chi connectivity index (χ0n) is 16.9. The molecule has 1 aromatic heterocycles. The molecular weight excluding hydrogens is 342 g/mol. The molecule has 0 fully saturated rings. The molecule has 0 spiro atoms. The lowest BCUT2D eigenvalue weighted by Crippen LogP contribution is -2.27. The number of pyridine rings is 1. The fourth-order valence-corrected chi connectivity index (χ4v) is 3.02. The molecule has 0 amide bonds. The molecule has 0 radical (unpaired) electrons. The Morgan fingerprint density at radius 2 is 1.78 bits per heavy atom. The summed E-state index contributed by atoms with van der Waals surface area (Å²) in [6, 6.07) is 7.96. The number of aromatic nitrogens is 1. The summed E-state index contributed by atoms with van der Waals surface area (Å²) in [7, 11) is 3.28. The van der Waals surface area contributed by atoms with E-state index in [1.807, 2.05) is 43.9 Å². The average Bonchev–Trinajstić information content (AvgIpc) is 2.63. The Morgan fingerprint density at radius 1 is 1.11 bits per heavy atom. The standard InChI is InChI=1S/C21H27N3O3/c1-7-8-24(13-25-5)19-11-16(4)23-21(18(19)12-22)27-20-14(2)9-17(26-6)10-15(20)3/h9-11H,7-8,13H2,1-6H3. The SMILES string of the molecule is CCCN(COC)c1cc(C)nc(Oc2c(C)cc(OC)cc2C)c1C#N. The minimum Gasteiger partial charge on any atom is -0.497 e. The van der Waals surface area contributed by atoms with Crippen molar-refractivity contribution in [1.82, 2.24) is 4.98 Å². The second-order valence-electron chi connectivity index (χ2n) is 6.45. The van der Waals surface area contributed by atoms with E-state index in [0.717, 1.165) is 41.2 Å². The summed E-state index contributed by atoms with van der Waals surface area (Å²) in [5, 5.41) is 9.82. The Kier molecular flexibility index (Phi) is 7.03. The quantitative estimate of drug-likeness (QED) is 0.638. The number of hydrogen-bond acceptors (Lipinski definition) is 6. The molecule has 0 aliphatic rings. The lowest BCUT2D eigenvalue weighted by molar-refractivity contribution is 0.197. The van der Waals surface area contributed by atoms with Crippen molar-refractivity contribution in [2.45, 2.75) is 34.1 Å². The molecule has 0 N–H and O–H groups in total. The molecule has 1 heterocycles. The van der Waals surface area contributed by atoms with Crippen molar-refractivity contribution in [2.24, 2.45) is 0 Å². The normalized spacial score (nSPS) is 10.4. The van der Waals surface area contributed by atoms with Crippen molar-refractivity contribution in [2.75, 3.05) is 32.4 Å². The predicted molar refractivity (Wildman–Crippen MR) is 106 cm³/mol. The Labute approximate surface area is 161 Å². The summed E-state index contributed by atoms with van der Waals surface area (Å²) in [5.74, 6) is 1.76. The van der Waals surface area contributed by atoms with Crippen LogP contribution in [0.5, 0.6) is 17.4 Å². The molecule has 2 rings (SSSR count). The van der Waals surface area contributed by atoms with E-state index in [4.69, 9.17) is 14.2 Å².